The molecule has 1 N–H and O–H groups in total. The maximum absolute atomic E-state index is 12.3. The van der Waals surface area contributed by atoms with Crippen molar-refractivity contribution in [2.45, 2.75) is 6.92 Å². The summed E-state index contributed by atoms with van der Waals surface area (Å²) in [6.07, 6.45) is 3.18. The first-order chi connectivity index (χ1) is 11.0. The minimum absolute atomic E-state index is 0.0946. The molecule has 3 aromatic rings. The Morgan fingerprint density at radius 2 is 1.91 bits per heavy atom. The second kappa shape index (κ2) is 5.97. The number of carbonyl (C=O) groups is 1. The number of carbonyl (C=O) groups excluding carboxylic acids is 1. The van der Waals surface area contributed by atoms with Gasteiger partial charge in [0, 0.05) is 11.5 Å². The van der Waals surface area contributed by atoms with Crippen LogP contribution in [0.4, 0.5) is 0 Å². The van der Waals surface area contributed by atoms with Gasteiger partial charge in [0.1, 0.15) is 17.1 Å². The molecule has 0 radical (unpaired) electrons. The molecule has 1 aromatic heterocycles. The van der Waals surface area contributed by atoms with E-state index >= 15 is 0 Å². The lowest BCUT2D eigenvalue weighted by molar-refractivity contribution is 0.104. The van der Waals surface area contributed by atoms with E-state index in [2.05, 4.69) is 6.58 Å². The van der Waals surface area contributed by atoms with Crippen LogP contribution in [0, 0.1) is 0 Å². The number of fused-ring (bicyclic) bond motifs is 1. The van der Waals surface area contributed by atoms with Crippen molar-refractivity contribution < 1.29 is 14.3 Å². The molecule has 3 nitrogen and oxygen atoms in total. The number of phenolic OH excluding ortho intramolecular Hbond substituents is 1. The van der Waals surface area contributed by atoms with Crippen molar-refractivity contribution >= 4 is 28.4 Å². The van der Waals surface area contributed by atoms with Gasteiger partial charge < -0.3 is 9.52 Å². The van der Waals surface area contributed by atoms with E-state index < -0.39 is 0 Å². The Bertz CT molecular complexity index is 915. The van der Waals surface area contributed by atoms with Crippen LogP contribution in [0.3, 0.4) is 0 Å². The lowest BCUT2D eigenvalue weighted by Gasteiger charge is -2.00. The molecule has 0 saturated heterocycles. The Balaban J connectivity index is 1.95. The van der Waals surface area contributed by atoms with Gasteiger partial charge in [-0.1, -0.05) is 43.0 Å². The summed E-state index contributed by atoms with van der Waals surface area (Å²) < 4.78 is 5.59. The molecule has 0 amide bonds. The number of benzene rings is 2. The van der Waals surface area contributed by atoms with E-state index in [0.717, 1.165) is 16.5 Å². The van der Waals surface area contributed by atoms with Gasteiger partial charge in [0.25, 0.3) is 0 Å². The first-order valence-electron chi connectivity index (χ1n) is 7.24. The van der Waals surface area contributed by atoms with Crippen LogP contribution in [0.15, 0.2) is 65.6 Å². The van der Waals surface area contributed by atoms with Crippen molar-refractivity contribution in [2.24, 2.45) is 0 Å². The lowest BCUT2D eigenvalue weighted by atomic mass is 10.1. The predicted molar refractivity (Wildman–Crippen MR) is 92.4 cm³/mol. The van der Waals surface area contributed by atoms with E-state index in [1.165, 1.54) is 12.1 Å². The van der Waals surface area contributed by atoms with Crippen LogP contribution in [0.5, 0.6) is 5.75 Å². The minimum Gasteiger partial charge on any atom is -0.507 e. The number of allylic oxidation sites excluding steroid dienone is 2. The second-order valence-corrected chi connectivity index (χ2v) is 5.41. The van der Waals surface area contributed by atoms with Crippen LogP contribution < -0.4 is 0 Å². The third-order valence-electron chi connectivity index (χ3n) is 3.55. The van der Waals surface area contributed by atoms with Gasteiger partial charge in [-0.3, -0.25) is 4.79 Å². The van der Waals surface area contributed by atoms with Crippen LogP contribution in [-0.2, 0) is 0 Å². The van der Waals surface area contributed by atoms with Crippen molar-refractivity contribution in [3.63, 3.8) is 0 Å². The summed E-state index contributed by atoms with van der Waals surface area (Å²) in [6.45, 7) is 5.67. The molecule has 1 heterocycles. The van der Waals surface area contributed by atoms with Gasteiger partial charge in [-0.2, -0.15) is 0 Å². The van der Waals surface area contributed by atoms with Gasteiger partial charge in [0.15, 0.2) is 5.78 Å². The molecule has 0 aliphatic rings. The van der Waals surface area contributed by atoms with E-state index in [9.17, 15) is 9.90 Å². The Labute approximate surface area is 134 Å². The highest BCUT2D eigenvalue weighted by atomic mass is 16.3. The summed E-state index contributed by atoms with van der Waals surface area (Å²) in [4.78, 5) is 12.3. The third kappa shape index (κ3) is 3.09. The van der Waals surface area contributed by atoms with Gasteiger partial charge in [-0.05, 0) is 36.3 Å². The van der Waals surface area contributed by atoms with E-state index in [4.69, 9.17) is 4.42 Å². The fraction of sp³-hybridized carbons (Fsp3) is 0.0500. The van der Waals surface area contributed by atoms with Crippen molar-refractivity contribution in [3.8, 4) is 5.75 Å². The highest BCUT2D eigenvalue weighted by Crippen LogP contribution is 2.30. The van der Waals surface area contributed by atoms with Crippen LogP contribution in [0.25, 0.3) is 22.6 Å². The molecule has 3 rings (SSSR count). The molecule has 2 aromatic carbocycles. The van der Waals surface area contributed by atoms with Gasteiger partial charge in [-0.25, -0.2) is 0 Å². The highest BCUT2D eigenvalue weighted by molar-refractivity contribution is 6.10. The maximum atomic E-state index is 12.3. The molecule has 0 saturated carbocycles. The SMILES string of the molecule is C=C(C)c1cc2cc(C(=O)C=Cc3ccccc3)c(O)cc2o1. The Morgan fingerprint density at radius 3 is 2.61 bits per heavy atom. The smallest absolute Gasteiger partial charge is 0.189 e. The number of aromatic hydroxyl groups is 1. The van der Waals surface area contributed by atoms with Crippen LogP contribution in [0.2, 0.25) is 0 Å². The summed E-state index contributed by atoms with van der Waals surface area (Å²) in [6, 6.07) is 14.4. The summed E-state index contributed by atoms with van der Waals surface area (Å²) in [5, 5.41) is 10.8. The fourth-order valence-electron chi connectivity index (χ4n) is 2.31. The van der Waals surface area contributed by atoms with Crippen LogP contribution >= 0.6 is 0 Å². The largest absolute Gasteiger partial charge is 0.507 e. The molecule has 0 atom stereocenters. The lowest BCUT2D eigenvalue weighted by Crippen LogP contribution is -1.94. The van der Waals surface area contributed by atoms with Gasteiger partial charge in [0.2, 0.25) is 0 Å². The zero-order valence-electron chi connectivity index (χ0n) is 12.7. The number of hydrogen-bond donors (Lipinski definition) is 1. The van der Waals surface area contributed by atoms with E-state index in [1.807, 2.05) is 43.3 Å². The van der Waals surface area contributed by atoms with Gasteiger partial charge in [-0.15, -0.1) is 0 Å². The normalized spacial score (nSPS) is 11.2. The molecule has 0 bridgehead atoms. The van der Waals surface area contributed by atoms with E-state index in [-0.39, 0.29) is 17.1 Å². The zero-order valence-corrected chi connectivity index (χ0v) is 12.7. The van der Waals surface area contributed by atoms with Crippen molar-refractivity contribution in [3.05, 3.63) is 78.1 Å². The molecular formula is C20H16O3. The topological polar surface area (TPSA) is 50.4 Å². The first kappa shape index (κ1) is 14.9. The van der Waals surface area contributed by atoms with Gasteiger partial charge >= 0.3 is 0 Å². The Kier molecular flexibility index (Phi) is 3.85. The molecular weight excluding hydrogens is 288 g/mol. The number of rotatable bonds is 4. The third-order valence-corrected chi connectivity index (χ3v) is 3.55. The Morgan fingerprint density at radius 1 is 1.17 bits per heavy atom. The molecule has 0 spiro atoms. The van der Waals surface area contributed by atoms with E-state index in [0.29, 0.717) is 11.3 Å². The quantitative estimate of drug-likeness (QED) is 0.541. The van der Waals surface area contributed by atoms with Crippen LogP contribution in [-0.4, -0.2) is 10.9 Å². The minimum atomic E-state index is -0.258. The second-order valence-electron chi connectivity index (χ2n) is 5.41. The van der Waals surface area contributed by atoms with Gasteiger partial charge in [0.05, 0.1) is 5.56 Å². The van der Waals surface area contributed by atoms with Crippen molar-refractivity contribution in [2.75, 3.05) is 0 Å². The first-order valence-corrected chi connectivity index (χ1v) is 7.24. The molecule has 0 unspecified atom stereocenters. The summed E-state index contributed by atoms with van der Waals surface area (Å²) in [5.41, 5.74) is 2.50. The summed E-state index contributed by atoms with van der Waals surface area (Å²) >= 11 is 0. The molecule has 0 aliphatic heterocycles. The number of ketones is 1. The molecule has 0 fully saturated rings. The highest BCUT2D eigenvalue weighted by Gasteiger charge is 2.13. The maximum Gasteiger partial charge on any atom is 0.189 e. The van der Waals surface area contributed by atoms with E-state index in [1.54, 1.807) is 12.1 Å². The van der Waals surface area contributed by atoms with Crippen LogP contribution in [0.1, 0.15) is 28.6 Å². The fourth-order valence-corrected chi connectivity index (χ4v) is 2.31. The molecule has 0 aliphatic carbocycles. The van der Waals surface area contributed by atoms with Crippen molar-refractivity contribution in [1.82, 2.24) is 0 Å². The molecule has 3 heteroatoms. The molecule has 114 valence electrons. The average Bonchev–Trinajstić information content (AvgIpc) is 2.96. The summed E-state index contributed by atoms with van der Waals surface area (Å²) in [7, 11) is 0. The Hall–Kier alpha value is -3.07. The van der Waals surface area contributed by atoms with Crippen molar-refractivity contribution in [1.29, 1.82) is 0 Å². The molecule has 23 heavy (non-hydrogen) atoms. The summed E-state index contributed by atoms with van der Waals surface area (Å²) in [5.74, 6) is 0.290. The zero-order chi connectivity index (χ0) is 16.4. The number of furan rings is 1. The monoisotopic (exact) mass is 304 g/mol. The predicted octanol–water partition coefficient (Wildman–Crippen LogP) is 5.07. The number of hydrogen-bond acceptors (Lipinski definition) is 3. The standard InChI is InChI=1S/C20H16O3/c1-13(2)19-11-15-10-16(18(22)12-20(15)23-19)17(21)9-8-14-6-4-3-5-7-14/h3-12,22H,1H2,2H3. The number of phenols is 1. The average molecular weight is 304 g/mol.